The Balaban J connectivity index is 1.77. The zero-order valence-electron chi connectivity index (χ0n) is 15.5. The Morgan fingerprint density at radius 1 is 1.25 bits per heavy atom. The summed E-state index contributed by atoms with van der Waals surface area (Å²) in [6.45, 7) is 6.80. The smallest absolute Gasteiger partial charge is 0.119 e. The molecular weight excluding hydrogens is 303 g/mol. The van der Waals surface area contributed by atoms with E-state index in [4.69, 9.17) is 9.47 Å². The van der Waals surface area contributed by atoms with Crippen LogP contribution in [0, 0.1) is 5.41 Å². The highest BCUT2D eigenvalue weighted by molar-refractivity contribution is 5.46. The molecule has 0 radical (unpaired) electrons. The third-order valence-corrected chi connectivity index (χ3v) is 6.62. The first-order valence-electron chi connectivity index (χ1n) is 9.31. The molecule has 0 bridgehead atoms. The molecular formula is C21H31FO2. The Hall–Kier alpha value is -1.09. The summed E-state index contributed by atoms with van der Waals surface area (Å²) < 4.78 is 24.3. The van der Waals surface area contributed by atoms with Crippen molar-refractivity contribution in [2.45, 2.75) is 77.0 Å². The number of fused-ring (bicyclic) bond motifs is 1. The fourth-order valence-corrected chi connectivity index (χ4v) is 4.77. The molecule has 1 fully saturated rings. The van der Waals surface area contributed by atoms with Crippen molar-refractivity contribution in [3.05, 3.63) is 29.3 Å². The van der Waals surface area contributed by atoms with E-state index in [0.717, 1.165) is 25.0 Å². The van der Waals surface area contributed by atoms with Gasteiger partial charge in [0.2, 0.25) is 0 Å². The van der Waals surface area contributed by atoms with Gasteiger partial charge in [-0.25, -0.2) is 4.39 Å². The van der Waals surface area contributed by atoms with E-state index >= 15 is 0 Å². The minimum Gasteiger partial charge on any atom is -0.493 e. The molecule has 2 aliphatic rings. The second-order valence-corrected chi connectivity index (χ2v) is 8.25. The number of alkyl halides is 1. The van der Waals surface area contributed by atoms with Gasteiger partial charge in [-0.2, -0.15) is 0 Å². The van der Waals surface area contributed by atoms with Gasteiger partial charge in [0, 0.05) is 13.5 Å². The van der Waals surface area contributed by atoms with Crippen molar-refractivity contribution in [3.8, 4) is 5.75 Å². The predicted octanol–water partition coefficient (Wildman–Crippen LogP) is 5.22. The maximum atomic E-state index is 13.0. The van der Waals surface area contributed by atoms with Crippen molar-refractivity contribution >= 4 is 0 Å². The van der Waals surface area contributed by atoms with Crippen LogP contribution in [0.15, 0.2) is 18.2 Å². The standard InChI is InChI=1S/C21H31FO2/c1-15(22)9-12-24-18-6-5-16-14-21(20(2,3)19(16)13-18)10-7-17(23-4)8-11-21/h5-6,13,15,17H,7-12,14H2,1-4H3/t15?,17-,21-. The van der Waals surface area contributed by atoms with E-state index in [9.17, 15) is 4.39 Å². The molecule has 0 heterocycles. The average molecular weight is 334 g/mol. The Labute approximate surface area is 145 Å². The molecule has 134 valence electrons. The summed E-state index contributed by atoms with van der Waals surface area (Å²) in [5, 5.41) is 0. The SMILES string of the molecule is CO[C@H]1CC[C@]2(CC1)Cc1ccc(OCCC(C)F)cc1C2(C)C. The van der Waals surface area contributed by atoms with Gasteiger partial charge in [0.05, 0.1) is 12.7 Å². The zero-order valence-corrected chi connectivity index (χ0v) is 15.5. The second kappa shape index (κ2) is 6.67. The van der Waals surface area contributed by atoms with Gasteiger partial charge in [-0.05, 0) is 73.1 Å². The molecule has 0 saturated heterocycles. The van der Waals surface area contributed by atoms with Crippen LogP contribution in [0.5, 0.6) is 5.75 Å². The lowest BCUT2D eigenvalue weighted by Crippen LogP contribution is -2.42. The molecule has 0 N–H and O–H groups in total. The van der Waals surface area contributed by atoms with Crippen LogP contribution < -0.4 is 4.74 Å². The third kappa shape index (κ3) is 3.08. The lowest BCUT2D eigenvalue weighted by molar-refractivity contribution is 0.00353. The van der Waals surface area contributed by atoms with Crippen LogP contribution in [0.25, 0.3) is 0 Å². The highest BCUT2D eigenvalue weighted by Crippen LogP contribution is 2.59. The molecule has 0 aromatic heterocycles. The van der Waals surface area contributed by atoms with Gasteiger partial charge >= 0.3 is 0 Å². The Bertz CT molecular complexity index is 571. The highest BCUT2D eigenvalue weighted by atomic mass is 19.1. The molecule has 1 aromatic carbocycles. The van der Waals surface area contributed by atoms with Crippen molar-refractivity contribution in [1.29, 1.82) is 0 Å². The molecule has 0 aliphatic heterocycles. The van der Waals surface area contributed by atoms with Gasteiger partial charge in [-0.15, -0.1) is 0 Å². The van der Waals surface area contributed by atoms with Crippen molar-refractivity contribution in [2.24, 2.45) is 5.41 Å². The number of hydrogen-bond donors (Lipinski definition) is 0. The number of halogens is 1. The van der Waals surface area contributed by atoms with Crippen LogP contribution in [0.4, 0.5) is 4.39 Å². The number of methoxy groups -OCH3 is 1. The zero-order chi connectivity index (χ0) is 17.4. The number of hydrogen-bond acceptors (Lipinski definition) is 2. The monoisotopic (exact) mass is 334 g/mol. The minimum atomic E-state index is -0.810. The summed E-state index contributed by atoms with van der Waals surface area (Å²) >= 11 is 0. The van der Waals surface area contributed by atoms with Crippen LogP contribution >= 0.6 is 0 Å². The largest absolute Gasteiger partial charge is 0.493 e. The summed E-state index contributed by atoms with van der Waals surface area (Å²) in [5.74, 6) is 0.880. The van der Waals surface area contributed by atoms with E-state index in [1.54, 1.807) is 6.92 Å². The van der Waals surface area contributed by atoms with Crippen LogP contribution in [-0.4, -0.2) is 26.0 Å². The first-order chi connectivity index (χ1) is 11.4. The van der Waals surface area contributed by atoms with Gasteiger partial charge in [0.1, 0.15) is 11.9 Å². The minimum absolute atomic E-state index is 0.147. The van der Waals surface area contributed by atoms with Gasteiger partial charge in [-0.3, -0.25) is 0 Å². The molecule has 1 atom stereocenters. The lowest BCUT2D eigenvalue weighted by atomic mass is 9.59. The number of benzene rings is 1. The summed E-state index contributed by atoms with van der Waals surface area (Å²) in [7, 11) is 1.83. The molecule has 1 aromatic rings. The van der Waals surface area contributed by atoms with Crippen molar-refractivity contribution < 1.29 is 13.9 Å². The maximum absolute atomic E-state index is 13.0. The molecule has 1 unspecified atom stereocenters. The summed E-state index contributed by atoms with van der Waals surface area (Å²) in [6.07, 6.45) is 5.99. The van der Waals surface area contributed by atoms with Crippen LogP contribution in [0.2, 0.25) is 0 Å². The topological polar surface area (TPSA) is 18.5 Å². The predicted molar refractivity (Wildman–Crippen MR) is 95.6 cm³/mol. The summed E-state index contributed by atoms with van der Waals surface area (Å²) in [4.78, 5) is 0. The highest BCUT2D eigenvalue weighted by Gasteiger charge is 2.52. The number of ether oxygens (including phenoxy) is 2. The van der Waals surface area contributed by atoms with Crippen LogP contribution in [-0.2, 0) is 16.6 Å². The Morgan fingerprint density at radius 2 is 1.96 bits per heavy atom. The Morgan fingerprint density at radius 3 is 2.58 bits per heavy atom. The maximum Gasteiger partial charge on any atom is 0.119 e. The van der Waals surface area contributed by atoms with E-state index < -0.39 is 6.17 Å². The Kier molecular flexibility index (Phi) is 4.92. The molecule has 24 heavy (non-hydrogen) atoms. The molecule has 3 heteroatoms. The summed E-state index contributed by atoms with van der Waals surface area (Å²) in [5.41, 5.74) is 3.37. The molecule has 2 aliphatic carbocycles. The van der Waals surface area contributed by atoms with Gasteiger partial charge in [-0.1, -0.05) is 19.9 Å². The van der Waals surface area contributed by atoms with Gasteiger partial charge in [0.25, 0.3) is 0 Å². The van der Waals surface area contributed by atoms with E-state index in [2.05, 4.69) is 32.0 Å². The van der Waals surface area contributed by atoms with Crippen molar-refractivity contribution in [3.63, 3.8) is 0 Å². The molecule has 1 saturated carbocycles. The fourth-order valence-electron chi connectivity index (χ4n) is 4.77. The molecule has 3 rings (SSSR count). The first-order valence-corrected chi connectivity index (χ1v) is 9.31. The van der Waals surface area contributed by atoms with E-state index in [0.29, 0.717) is 24.5 Å². The van der Waals surface area contributed by atoms with Crippen molar-refractivity contribution in [1.82, 2.24) is 0 Å². The first kappa shape index (κ1) is 17.7. The fraction of sp³-hybridized carbons (Fsp3) is 0.714. The third-order valence-electron chi connectivity index (χ3n) is 6.62. The second-order valence-electron chi connectivity index (χ2n) is 8.25. The average Bonchev–Trinajstić information content (AvgIpc) is 2.76. The quantitative estimate of drug-likeness (QED) is 0.735. The van der Waals surface area contributed by atoms with E-state index in [-0.39, 0.29) is 5.41 Å². The lowest BCUT2D eigenvalue weighted by Gasteiger charge is -2.46. The van der Waals surface area contributed by atoms with Crippen molar-refractivity contribution in [2.75, 3.05) is 13.7 Å². The molecule has 2 nitrogen and oxygen atoms in total. The van der Waals surface area contributed by atoms with E-state index in [1.165, 1.54) is 24.0 Å². The van der Waals surface area contributed by atoms with Crippen LogP contribution in [0.1, 0.15) is 64.0 Å². The van der Waals surface area contributed by atoms with Crippen LogP contribution in [0.3, 0.4) is 0 Å². The van der Waals surface area contributed by atoms with E-state index in [1.807, 2.05) is 7.11 Å². The molecule has 1 spiro atoms. The molecule has 0 amide bonds. The number of rotatable bonds is 5. The van der Waals surface area contributed by atoms with Gasteiger partial charge in [0.15, 0.2) is 0 Å². The normalized spacial score (nSPS) is 29.5. The summed E-state index contributed by atoms with van der Waals surface area (Å²) in [6, 6.07) is 6.48. The van der Waals surface area contributed by atoms with Gasteiger partial charge < -0.3 is 9.47 Å².